The summed E-state index contributed by atoms with van der Waals surface area (Å²) < 4.78 is 21.3. The molecule has 0 aliphatic carbocycles. The maximum atomic E-state index is 11.7. The smallest absolute Gasteiger partial charge is 0.305 e. The van der Waals surface area contributed by atoms with Gasteiger partial charge in [0.2, 0.25) is 0 Å². The van der Waals surface area contributed by atoms with Crippen molar-refractivity contribution in [1.29, 1.82) is 0 Å². The van der Waals surface area contributed by atoms with Gasteiger partial charge >= 0.3 is 11.9 Å². The van der Waals surface area contributed by atoms with E-state index in [1.807, 2.05) is 60.7 Å². The lowest BCUT2D eigenvalue weighted by atomic mass is 10.1. The Morgan fingerprint density at radius 2 is 0.875 bits per heavy atom. The monoisotopic (exact) mass is 442 g/mol. The highest BCUT2D eigenvalue weighted by atomic mass is 16.6. The molecule has 0 aliphatic rings. The number of hydrogen-bond donors (Lipinski definition) is 0. The van der Waals surface area contributed by atoms with Crippen molar-refractivity contribution in [2.45, 2.75) is 51.4 Å². The fraction of sp³-hybridized carbons (Fsp3) is 0.462. The van der Waals surface area contributed by atoms with E-state index in [0.717, 1.165) is 50.0 Å². The summed E-state index contributed by atoms with van der Waals surface area (Å²) in [7, 11) is 0. The van der Waals surface area contributed by atoms with Crippen molar-refractivity contribution in [3.8, 4) is 11.5 Å². The Labute approximate surface area is 190 Å². The molecule has 174 valence electrons. The van der Waals surface area contributed by atoms with Gasteiger partial charge in [-0.2, -0.15) is 0 Å². The van der Waals surface area contributed by atoms with E-state index in [-0.39, 0.29) is 25.2 Å². The molecule has 0 spiro atoms. The zero-order valence-electron chi connectivity index (χ0n) is 18.7. The SMILES string of the molecule is O=C(CCCCCCCCC(=O)OCCOc1ccccc1)OCCOc1ccccc1. The maximum absolute atomic E-state index is 11.7. The first kappa shape index (κ1) is 25.2. The van der Waals surface area contributed by atoms with Gasteiger partial charge in [-0.1, -0.05) is 62.1 Å². The van der Waals surface area contributed by atoms with Gasteiger partial charge in [-0.3, -0.25) is 9.59 Å². The lowest BCUT2D eigenvalue weighted by Gasteiger charge is -2.07. The normalized spacial score (nSPS) is 10.4. The van der Waals surface area contributed by atoms with Gasteiger partial charge in [0, 0.05) is 12.8 Å². The van der Waals surface area contributed by atoms with E-state index in [9.17, 15) is 9.59 Å². The van der Waals surface area contributed by atoms with Crippen molar-refractivity contribution in [2.75, 3.05) is 26.4 Å². The van der Waals surface area contributed by atoms with E-state index in [4.69, 9.17) is 18.9 Å². The second-order valence-electron chi connectivity index (χ2n) is 7.39. The summed E-state index contributed by atoms with van der Waals surface area (Å²) in [6.45, 7) is 1.25. The quantitative estimate of drug-likeness (QED) is 0.243. The van der Waals surface area contributed by atoms with Crippen LogP contribution < -0.4 is 9.47 Å². The third kappa shape index (κ3) is 12.6. The Morgan fingerprint density at radius 1 is 0.500 bits per heavy atom. The third-order valence-electron chi connectivity index (χ3n) is 4.73. The minimum Gasteiger partial charge on any atom is -0.490 e. The maximum Gasteiger partial charge on any atom is 0.305 e. The van der Waals surface area contributed by atoms with Crippen molar-refractivity contribution in [3.05, 3.63) is 60.7 Å². The Bertz CT molecular complexity index is 682. The largest absolute Gasteiger partial charge is 0.490 e. The molecular weight excluding hydrogens is 408 g/mol. The molecule has 0 atom stereocenters. The van der Waals surface area contributed by atoms with Crippen LogP contribution in [0.1, 0.15) is 51.4 Å². The third-order valence-corrected chi connectivity index (χ3v) is 4.73. The van der Waals surface area contributed by atoms with Crippen molar-refractivity contribution in [3.63, 3.8) is 0 Å². The number of rotatable bonds is 17. The Morgan fingerprint density at radius 3 is 1.28 bits per heavy atom. The Kier molecular flexibility index (Phi) is 13.1. The van der Waals surface area contributed by atoms with Crippen molar-refractivity contribution < 1.29 is 28.5 Å². The highest BCUT2D eigenvalue weighted by Crippen LogP contribution is 2.11. The molecule has 2 rings (SSSR count). The number of unbranched alkanes of at least 4 members (excludes halogenated alkanes) is 5. The minimum absolute atomic E-state index is 0.180. The summed E-state index contributed by atoms with van der Waals surface area (Å²) >= 11 is 0. The van der Waals surface area contributed by atoms with E-state index >= 15 is 0 Å². The molecule has 0 unspecified atom stereocenters. The van der Waals surface area contributed by atoms with Crippen LogP contribution in [0.4, 0.5) is 0 Å². The molecule has 6 nitrogen and oxygen atoms in total. The Balaban J connectivity index is 1.32. The molecule has 32 heavy (non-hydrogen) atoms. The predicted molar refractivity (Wildman–Crippen MR) is 123 cm³/mol. The molecule has 0 bridgehead atoms. The number of carbonyl (C=O) groups is 2. The number of benzene rings is 2. The fourth-order valence-corrected chi connectivity index (χ4v) is 3.05. The molecule has 0 N–H and O–H groups in total. The van der Waals surface area contributed by atoms with E-state index in [0.29, 0.717) is 26.1 Å². The van der Waals surface area contributed by atoms with E-state index in [2.05, 4.69) is 0 Å². The number of ether oxygens (including phenoxy) is 4. The summed E-state index contributed by atoms with van der Waals surface area (Å²) in [5, 5.41) is 0. The molecule has 0 heterocycles. The van der Waals surface area contributed by atoms with Gasteiger partial charge in [-0.05, 0) is 37.1 Å². The summed E-state index contributed by atoms with van der Waals surface area (Å²) in [5.74, 6) is 1.18. The molecule has 2 aromatic carbocycles. The zero-order chi connectivity index (χ0) is 22.7. The first-order valence-corrected chi connectivity index (χ1v) is 11.4. The summed E-state index contributed by atoms with van der Waals surface area (Å²) in [6.07, 6.45) is 6.57. The van der Waals surface area contributed by atoms with Crippen LogP contribution in [-0.4, -0.2) is 38.4 Å². The van der Waals surface area contributed by atoms with E-state index in [1.54, 1.807) is 0 Å². The van der Waals surface area contributed by atoms with E-state index < -0.39 is 0 Å². The Hall–Kier alpha value is -3.02. The van der Waals surface area contributed by atoms with Gasteiger partial charge in [0.1, 0.15) is 37.9 Å². The highest BCUT2D eigenvalue weighted by molar-refractivity contribution is 5.69. The number of esters is 2. The molecule has 0 aliphatic heterocycles. The standard InChI is InChI=1S/C26H34O6/c27-25(31-21-19-29-23-13-7-5-8-14-23)17-11-3-1-2-4-12-18-26(28)32-22-20-30-24-15-9-6-10-16-24/h5-10,13-16H,1-4,11-12,17-22H2. The van der Waals surface area contributed by atoms with Gasteiger partial charge in [0.25, 0.3) is 0 Å². The van der Waals surface area contributed by atoms with Crippen molar-refractivity contribution in [2.24, 2.45) is 0 Å². The van der Waals surface area contributed by atoms with Gasteiger partial charge in [-0.25, -0.2) is 0 Å². The summed E-state index contributed by atoms with van der Waals surface area (Å²) in [6, 6.07) is 18.9. The average molecular weight is 443 g/mol. The number of carbonyl (C=O) groups excluding carboxylic acids is 2. The fourth-order valence-electron chi connectivity index (χ4n) is 3.05. The van der Waals surface area contributed by atoms with Crippen LogP contribution in [0, 0.1) is 0 Å². The van der Waals surface area contributed by atoms with Gasteiger partial charge in [0.15, 0.2) is 0 Å². The second-order valence-corrected chi connectivity index (χ2v) is 7.39. The molecule has 0 aromatic heterocycles. The second kappa shape index (κ2) is 16.6. The summed E-state index contributed by atoms with van der Waals surface area (Å²) in [5.41, 5.74) is 0. The first-order valence-electron chi connectivity index (χ1n) is 11.4. The number of para-hydroxylation sites is 2. The van der Waals surface area contributed by atoms with Gasteiger partial charge in [0.05, 0.1) is 0 Å². The molecule has 0 amide bonds. The van der Waals surface area contributed by atoms with Crippen LogP contribution in [0.3, 0.4) is 0 Å². The van der Waals surface area contributed by atoms with Crippen LogP contribution in [0.15, 0.2) is 60.7 Å². The lowest BCUT2D eigenvalue weighted by molar-refractivity contribution is -0.145. The van der Waals surface area contributed by atoms with Crippen LogP contribution in [0.5, 0.6) is 11.5 Å². The minimum atomic E-state index is -0.180. The van der Waals surface area contributed by atoms with Crippen molar-refractivity contribution >= 4 is 11.9 Å². The van der Waals surface area contributed by atoms with Crippen LogP contribution in [0.25, 0.3) is 0 Å². The molecule has 0 saturated heterocycles. The van der Waals surface area contributed by atoms with Gasteiger partial charge < -0.3 is 18.9 Å². The average Bonchev–Trinajstić information content (AvgIpc) is 2.82. The molecule has 0 radical (unpaired) electrons. The number of hydrogen-bond acceptors (Lipinski definition) is 6. The van der Waals surface area contributed by atoms with Crippen LogP contribution in [0.2, 0.25) is 0 Å². The first-order chi connectivity index (χ1) is 15.7. The van der Waals surface area contributed by atoms with Crippen LogP contribution in [-0.2, 0) is 19.1 Å². The molecule has 2 aromatic rings. The van der Waals surface area contributed by atoms with Gasteiger partial charge in [-0.15, -0.1) is 0 Å². The zero-order valence-corrected chi connectivity index (χ0v) is 18.7. The molecule has 0 fully saturated rings. The topological polar surface area (TPSA) is 71.1 Å². The highest BCUT2D eigenvalue weighted by Gasteiger charge is 2.05. The van der Waals surface area contributed by atoms with Crippen molar-refractivity contribution in [1.82, 2.24) is 0 Å². The molecular formula is C26H34O6. The molecule has 0 saturated carbocycles. The van der Waals surface area contributed by atoms with E-state index in [1.165, 1.54) is 0 Å². The summed E-state index contributed by atoms with van der Waals surface area (Å²) in [4.78, 5) is 23.4. The predicted octanol–water partition coefficient (Wildman–Crippen LogP) is 5.35. The lowest BCUT2D eigenvalue weighted by Crippen LogP contribution is -2.12. The molecule has 6 heteroatoms. The van der Waals surface area contributed by atoms with Crippen LogP contribution >= 0.6 is 0 Å².